The first-order chi connectivity index (χ1) is 13.5. The van der Waals surface area contributed by atoms with E-state index in [-0.39, 0.29) is 18.9 Å². The van der Waals surface area contributed by atoms with Crippen molar-refractivity contribution in [2.75, 3.05) is 20.2 Å². The summed E-state index contributed by atoms with van der Waals surface area (Å²) < 4.78 is 11.7. The molecule has 0 radical (unpaired) electrons. The van der Waals surface area contributed by atoms with Gasteiger partial charge in [0.2, 0.25) is 0 Å². The highest BCUT2D eigenvalue weighted by Gasteiger charge is 2.22. The van der Waals surface area contributed by atoms with Gasteiger partial charge in [0.1, 0.15) is 17.5 Å². The smallest absolute Gasteiger partial charge is 0.407 e. The average Bonchev–Trinajstić information content (AvgIpc) is 2.99. The quantitative estimate of drug-likeness (QED) is 0.414. The average molecular weight is 412 g/mol. The van der Waals surface area contributed by atoms with E-state index >= 15 is 0 Å². The van der Waals surface area contributed by atoms with E-state index in [0.29, 0.717) is 25.9 Å². The van der Waals surface area contributed by atoms with Crippen LogP contribution >= 0.6 is 0 Å². The van der Waals surface area contributed by atoms with E-state index in [0.717, 1.165) is 5.82 Å². The molecule has 1 heterocycles. The minimum Gasteiger partial charge on any atom is -0.480 e. The van der Waals surface area contributed by atoms with Crippen LogP contribution in [0.3, 0.4) is 0 Å². The number of amides is 1. The van der Waals surface area contributed by atoms with Gasteiger partial charge in [0.15, 0.2) is 0 Å². The van der Waals surface area contributed by atoms with Crippen LogP contribution in [0.15, 0.2) is 12.4 Å². The Morgan fingerprint density at radius 1 is 1.31 bits per heavy atom. The number of aromatic nitrogens is 2. The van der Waals surface area contributed by atoms with Gasteiger partial charge in [-0.3, -0.25) is 9.69 Å². The van der Waals surface area contributed by atoms with Crippen molar-refractivity contribution in [1.82, 2.24) is 19.8 Å². The molecule has 164 valence electrons. The molecule has 1 rings (SSSR count). The van der Waals surface area contributed by atoms with Crippen molar-refractivity contribution in [2.24, 2.45) is 7.05 Å². The third-order valence-electron chi connectivity index (χ3n) is 4.05. The van der Waals surface area contributed by atoms with Crippen LogP contribution in [0.25, 0.3) is 0 Å². The molecule has 0 aromatic carbocycles. The molecule has 0 saturated heterocycles. The number of unbranched alkanes of at least 4 members (excludes halogenated alkanes) is 1. The second-order valence-corrected chi connectivity index (χ2v) is 7.77. The number of carboxylic acids is 1. The Balaban J connectivity index is 2.61. The van der Waals surface area contributed by atoms with Crippen molar-refractivity contribution in [3.05, 3.63) is 18.2 Å². The van der Waals surface area contributed by atoms with Gasteiger partial charge in [-0.25, -0.2) is 14.6 Å². The molecule has 1 amide bonds. The molecule has 0 saturated carbocycles. The summed E-state index contributed by atoms with van der Waals surface area (Å²) in [6.07, 6.45) is 4.19. The molecule has 2 N–H and O–H groups in total. The zero-order valence-corrected chi connectivity index (χ0v) is 17.8. The number of carbonyl (C=O) groups excluding carboxylic acids is 2. The molecule has 1 aromatic rings. The Labute approximate surface area is 171 Å². The lowest BCUT2D eigenvalue weighted by Crippen LogP contribution is -2.40. The first-order valence-corrected chi connectivity index (χ1v) is 9.49. The number of nitrogens with one attached hydrogen (secondary N) is 1. The lowest BCUT2D eigenvalue weighted by molar-refractivity contribution is -0.156. The number of aryl methyl sites for hydroxylation is 1. The summed E-state index contributed by atoms with van der Waals surface area (Å²) in [7, 11) is 3.06. The number of carbonyl (C=O) groups is 3. The summed E-state index contributed by atoms with van der Waals surface area (Å²) in [5, 5.41) is 11.5. The van der Waals surface area contributed by atoms with Crippen LogP contribution in [0.1, 0.15) is 45.9 Å². The minimum absolute atomic E-state index is 0.104. The van der Waals surface area contributed by atoms with Crippen LogP contribution in [0.2, 0.25) is 0 Å². The monoisotopic (exact) mass is 412 g/mol. The highest BCUT2D eigenvalue weighted by molar-refractivity contribution is 5.79. The molecule has 0 aliphatic heterocycles. The van der Waals surface area contributed by atoms with Gasteiger partial charge in [-0.15, -0.1) is 0 Å². The van der Waals surface area contributed by atoms with Gasteiger partial charge >= 0.3 is 18.0 Å². The van der Waals surface area contributed by atoms with Crippen molar-refractivity contribution in [2.45, 2.75) is 58.2 Å². The number of esters is 1. The van der Waals surface area contributed by atoms with Crippen LogP contribution in [0, 0.1) is 0 Å². The number of nitrogens with zero attached hydrogens (tertiary/aromatic N) is 3. The zero-order chi connectivity index (χ0) is 22.0. The maximum Gasteiger partial charge on any atom is 0.407 e. The van der Waals surface area contributed by atoms with Crippen molar-refractivity contribution in [3.8, 4) is 0 Å². The van der Waals surface area contributed by atoms with E-state index in [2.05, 4.69) is 15.0 Å². The van der Waals surface area contributed by atoms with Crippen molar-refractivity contribution < 1.29 is 29.0 Å². The van der Waals surface area contributed by atoms with Crippen LogP contribution in [-0.2, 0) is 32.7 Å². The van der Waals surface area contributed by atoms with E-state index < -0.39 is 23.7 Å². The van der Waals surface area contributed by atoms with E-state index in [9.17, 15) is 19.5 Å². The molecule has 1 unspecified atom stereocenters. The largest absolute Gasteiger partial charge is 0.480 e. The molecular formula is C19H32N4O6. The fraction of sp³-hybridized carbons (Fsp3) is 0.684. The summed E-state index contributed by atoms with van der Waals surface area (Å²) in [5.74, 6) is -0.638. The molecule has 10 heteroatoms. The summed E-state index contributed by atoms with van der Waals surface area (Å²) >= 11 is 0. The molecule has 1 atom stereocenters. The summed E-state index contributed by atoms with van der Waals surface area (Å²) in [5.41, 5.74) is -0.569. The molecule has 10 nitrogen and oxygen atoms in total. The number of alkyl carbamates (subject to hydrolysis) is 1. The van der Waals surface area contributed by atoms with Crippen molar-refractivity contribution in [1.29, 1.82) is 0 Å². The highest BCUT2D eigenvalue weighted by Crippen LogP contribution is 2.11. The second kappa shape index (κ2) is 11.4. The molecule has 0 fully saturated rings. The van der Waals surface area contributed by atoms with Crippen molar-refractivity contribution >= 4 is 18.0 Å². The SMILES string of the molecule is COC(=O)NC(CCCCN(CC(=O)OC(C)(C)C)Cc1nccn1C)C(=O)O. The zero-order valence-electron chi connectivity index (χ0n) is 17.8. The number of carboxylic acid groups (broad SMARTS) is 1. The Morgan fingerprint density at radius 2 is 2.00 bits per heavy atom. The maximum atomic E-state index is 12.2. The molecule has 0 spiro atoms. The van der Waals surface area contributed by atoms with Crippen LogP contribution in [0.5, 0.6) is 0 Å². The summed E-state index contributed by atoms with van der Waals surface area (Å²) in [6, 6.07) is -1.02. The number of ether oxygens (including phenoxy) is 2. The topological polar surface area (TPSA) is 123 Å². The van der Waals surface area contributed by atoms with E-state index in [1.807, 2.05) is 43.5 Å². The first-order valence-electron chi connectivity index (χ1n) is 9.49. The minimum atomic E-state index is -1.12. The number of hydrogen-bond acceptors (Lipinski definition) is 7. The second-order valence-electron chi connectivity index (χ2n) is 7.77. The van der Waals surface area contributed by atoms with Crippen LogP contribution < -0.4 is 5.32 Å². The third kappa shape index (κ3) is 9.93. The number of methoxy groups -OCH3 is 1. The molecule has 0 bridgehead atoms. The van der Waals surface area contributed by atoms with Gasteiger partial charge in [0.25, 0.3) is 0 Å². The van der Waals surface area contributed by atoms with Crippen LogP contribution in [0.4, 0.5) is 4.79 Å². The fourth-order valence-electron chi connectivity index (χ4n) is 2.66. The Bertz CT molecular complexity index is 682. The fourth-order valence-corrected chi connectivity index (χ4v) is 2.66. The lowest BCUT2D eigenvalue weighted by Gasteiger charge is -2.25. The summed E-state index contributed by atoms with van der Waals surface area (Å²) in [4.78, 5) is 40.9. The number of rotatable bonds is 11. The van der Waals surface area contributed by atoms with E-state index in [1.165, 1.54) is 7.11 Å². The third-order valence-corrected chi connectivity index (χ3v) is 4.05. The lowest BCUT2D eigenvalue weighted by atomic mass is 10.1. The number of hydrogen-bond donors (Lipinski definition) is 2. The molecule has 29 heavy (non-hydrogen) atoms. The Kier molecular flexibility index (Phi) is 9.60. The Morgan fingerprint density at radius 3 is 2.52 bits per heavy atom. The van der Waals surface area contributed by atoms with E-state index in [4.69, 9.17) is 4.74 Å². The predicted octanol–water partition coefficient (Wildman–Crippen LogP) is 1.54. The normalized spacial score (nSPS) is 12.5. The highest BCUT2D eigenvalue weighted by atomic mass is 16.6. The maximum absolute atomic E-state index is 12.2. The Hall–Kier alpha value is -2.62. The van der Waals surface area contributed by atoms with Gasteiger partial charge in [-0.05, 0) is 46.6 Å². The summed E-state index contributed by atoms with van der Waals surface area (Å²) in [6.45, 7) is 6.56. The standard InChI is InChI=1S/C19H32N4O6/c1-19(2,3)29-16(24)13-23(12-15-20-9-11-22(15)4)10-7-6-8-14(17(25)26)21-18(27)28-5/h9,11,14H,6-8,10,12-13H2,1-5H3,(H,21,27)(H,25,26). The predicted molar refractivity (Wildman–Crippen MR) is 105 cm³/mol. The van der Waals surface area contributed by atoms with Crippen molar-refractivity contribution in [3.63, 3.8) is 0 Å². The molecule has 0 aliphatic rings. The van der Waals surface area contributed by atoms with Gasteiger partial charge < -0.3 is 24.5 Å². The van der Waals surface area contributed by atoms with Gasteiger partial charge in [0, 0.05) is 19.4 Å². The number of aliphatic carboxylic acids is 1. The number of imidazole rings is 1. The van der Waals surface area contributed by atoms with Gasteiger partial charge in [0.05, 0.1) is 20.2 Å². The molecule has 1 aromatic heterocycles. The molecular weight excluding hydrogens is 380 g/mol. The van der Waals surface area contributed by atoms with Crippen LogP contribution in [-0.4, -0.2) is 69.4 Å². The first kappa shape index (κ1) is 24.4. The van der Waals surface area contributed by atoms with Gasteiger partial charge in [-0.1, -0.05) is 0 Å². The van der Waals surface area contributed by atoms with Gasteiger partial charge in [-0.2, -0.15) is 0 Å². The van der Waals surface area contributed by atoms with E-state index in [1.54, 1.807) is 6.20 Å². The molecule has 0 aliphatic carbocycles.